The van der Waals surface area contributed by atoms with Gasteiger partial charge in [-0.2, -0.15) is 0 Å². The van der Waals surface area contributed by atoms with E-state index >= 15 is 0 Å². The Morgan fingerprint density at radius 1 is 1.17 bits per heavy atom. The van der Waals surface area contributed by atoms with Gasteiger partial charge >= 0.3 is 0 Å². The summed E-state index contributed by atoms with van der Waals surface area (Å²) >= 11 is 0. The lowest BCUT2D eigenvalue weighted by atomic mass is 9.78. The van der Waals surface area contributed by atoms with Gasteiger partial charge in [-0.3, -0.25) is 4.79 Å². The summed E-state index contributed by atoms with van der Waals surface area (Å²) in [6, 6.07) is 0. The third kappa shape index (κ3) is 1.40. The fraction of sp³-hybridized carbons (Fsp3) is 0.900. The molecule has 0 aliphatic heterocycles. The molecule has 0 spiro atoms. The van der Waals surface area contributed by atoms with Crippen LogP contribution in [0.1, 0.15) is 44.9 Å². The molecular weight excluding hydrogens is 150 g/mol. The first kappa shape index (κ1) is 8.24. The van der Waals surface area contributed by atoms with Crippen LogP contribution in [0.15, 0.2) is 0 Å². The lowest BCUT2D eigenvalue weighted by Crippen LogP contribution is -2.50. The Hall–Kier alpha value is -0.370. The van der Waals surface area contributed by atoms with Gasteiger partial charge in [0, 0.05) is 5.92 Å². The average Bonchev–Trinajstić information content (AvgIpc) is 2.87. The number of hydrogen-bond donors (Lipinski definition) is 1. The minimum Gasteiger partial charge on any atom is -0.319 e. The zero-order valence-corrected chi connectivity index (χ0v) is 7.51. The number of rotatable bonds is 2. The number of carbonyl (C=O) groups is 1. The molecule has 0 atom stereocenters. The number of carbonyl (C=O) groups excluding carboxylic acids is 1. The van der Waals surface area contributed by atoms with E-state index in [9.17, 15) is 4.79 Å². The van der Waals surface area contributed by atoms with Crippen LogP contribution in [0.4, 0.5) is 0 Å². The van der Waals surface area contributed by atoms with E-state index in [0.717, 1.165) is 38.5 Å². The van der Waals surface area contributed by atoms with Gasteiger partial charge in [0.1, 0.15) is 0 Å². The number of ketones is 1. The molecule has 0 heterocycles. The van der Waals surface area contributed by atoms with Crippen molar-refractivity contribution in [1.82, 2.24) is 0 Å². The van der Waals surface area contributed by atoms with Gasteiger partial charge in [0.05, 0.1) is 5.54 Å². The van der Waals surface area contributed by atoms with Crippen LogP contribution in [0.5, 0.6) is 0 Å². The molecule has 68 valence electrons. The first-order valence-corrected chi connectivity index (χ1v) is 5.06. The number of hydrogen-bond acceptors (Lipinski definition) is 2. The van der Waals surface area contributed by atoms with Crippen molar-refractivity contribution in [3.05, 3.63) is 0 Å². The van der Waals surface area contributed by atoms with Crippen LogP contribution in [0, 0.1) is 5.92 Å². The highest BCUT2D eigenvalue weighted by atomic mass is 16.1. The van der Waals surface area contributed by atoms with Crippen LogP contribution in [0.25, 0.3) is 0 Å². The van der Waals surface area contributed by atoms with E-state index in [0.29, 0.717) is 11.7 Å². The fourth-order valence-corrected chi connectivity index (χ4v) is 2.18. The van der Waals surface area contributed by atoms with Crippen molar-refractivity contribution < 1.29 is 4.79 Å². The van der Waals surface area contributed by atoms with E-state index in [4.69, 9.17) is 5.73 Å². The molecule has 0 saturated heterocycles. The SMILES string of the molecule is NC1(C(=O)C2CC2)CCCCC1. The van der Waals surface area contributed by atoms with Gasteiger partial charge in [-0.15, -0.1) is 0 Å². The number of nitrogens with two attached hydrogens (primary N) is 1. The molecule has 2 aliphatic rings. The second-order valence-corrected chi connectivity index (χ2v) is 4.36. The van der Waals surface area contributed by atoms with Gasteiger partial charge in [0.15, 0.2) is 5.78 Å². The Labute approximate surface area is 73.5 Å². The third-order valence-electron chi connectivity index (χ3n) is 3.18. The summed E-state index contributed by atoms with van der Waals surface area (Å²) in [6.07, 6.45) is 7.61. The molecule has 0 amide bonds. The summed E-state index contributed by atoms with van der Waals surface area (Å²) in [5.41, 5.74) is 5.68. The number of Topliss-reactive ketones (excluding diaryl/α,β-unsaturated/α-hetero) is 1. The van der Waals surface area contributed by atoms with Gasteiger partial charge in [0.25, 0.3) is 0 Å². The van der Waals surface area contributed by atoms with Crippen LogP contribution < -0.4 is 5.73 Å². The molecule has 0 aromatic heterocycles. The third-order valence-corrected chi connectivity index (χ3v) is 3.18. The molecule has 0 bridgehead atoms. The Morgan fingerprint density at radius 2 is 1.75 bits per heavy atom. The van der Waals surface area contributed by atoms with E-state index in [2.05, 4.69) is 0 Å². The first-order chi connectivity index (χ1) is 5.72. The molecule has 0 aromatic carbocycles. The first-order valence-electron chi connectivity index (χ1n) is 5.06. The largest absolute Gasteiger partial charge is 0.319 e. The zero-order valence-electron chi connectivity index (χ0n) is 7.51. The maximum absolute atomic E-state index is 11.8. The molecule has 12 heavy (non-hydrogen) atoms. The van der Waals surface area contributed by atoms with Crippen LogP contribution in [0.3, 0.4) is 0 Å². The highest BCUT2D eigenvalue weighted by Crippen LogP contribution is 2.38. The van der Waals surface area contributed by atoms with E-state index in [-0.39, 0.29) is 0 Å². The summed E-state index contributed by atoms with van der Waals surface area (Å²) in [5, 5.41) is 0. The second kappa shape index (κ2) is 2.84. The Bertz CT molecular complexity index is 190. The molecule has 0 unspecified atom stereocenters. The van der Waals surface area contributed by atoms with Crippen molar-refractivity contribution in [3.8, 4) is 0 Å². The summed E-state index contributed by atoms with van der Waals surface area (Å²) in [4.78, 5) is 11.8. The normalized spacial score (nSPS) is 28.4. The van der Waals surface area contributed by atoms with Crippen LogP contribution in [0.2, 0.25) is 0 Å². The Balaban J connectivity index is 2.01. The average molecular weight is 167 g/mol. The minimum absolute atomic E-state index is 0.341. The standard InChI is InChI=1S/C10H17NO/c11-10(6-2-1-3-7-10)9(12)8-4-5-8/h8H,1-7,11H2. The zero-order chi connectivity index (χ0) is 8.60. The lowest BCUT2D eigenvalue weighted by Gasteiger charge is -2.31. The maximum Gasteiger partial charge on any atom is 0.155 e. The molecule has 2 saturated carbocycles. The predicted octanol–water partition coefficient (Wildman–Crippen LogP) is 1.63. The fourth-order valence-electron chi connectivity index (χ4n) is 2.18. The molecule has 0 radical (unpaired) electrons. The monoisotopic (exact) mass is 167 g/mol. The van der Waals surface area contributed by atoms with E-state index < -0.39 is 5.54 Å². The summed E-state index contributed by atoms with van der Waals surface area (Å²) in [6.45, 7) is 0. The highest BCUT2D eigenvalue weighted by Gasteiger charge is 2.43. The highest BCUT2D eigenvalue weighted by molar-refractivity contribution is 5.92. The van der Waals surface area contributed by atoms with Crippen LogP contribution in [-0.2, 0) is 4.79 Å². The quantitative estimate of drug-likeness (QED) is 0.679. The van der Waals surface area contributed by atoms with Crippen molar-refractivity contribution in [1.29, 1.82) is 0 Å². The predicted molar refractivity (Wildman–Crippen MR) is 47.7 cm³/mol. The van der Waals surface area contributed by atoms with E-state index in [1.54, 1.807) is 0 Å². The van der Waals surface area contributed by atoms with Crippen LogP contribution in [-0.4, -0.2) is 11.3 Å². The lowest BCUT2D eigenvalue weighted by molar-refractivity contribution is -0.126. The van der Waals surface area contributed by atoms with Gasteiger partial charge in [-0.1, -0.05) is 19.3 Å². The smallest absolute Gasteiger partial charge is 0.155 e. The van der Waals surface area contributed by atoms with Gasteiger partial charge in [-0.05, 0) is 25.7 Å². The Kier molecular flexibility index (Phi) is 1.95. The molecule has 0 aromatic rings. The summed E-state index contributed by atoms with van der Waals surface area (Å²) in [5.74, 6) is 0.704. The molecule has 2 heteroatoms. The molecule has 2 fully saturated rings. The molecule has 2 aliphatic carbocycles. The van der Waals surface area contributed by atoms with Crippen molar-refractivity contribution in [3.63, 3.8) is 0 Å². The van der Waals surface area contributed by atoms with Crippen molar-refractivity contribution >= 4 is 5.78 Å². The summed E-state index contributed by atoms with van der Waals surface area (Å²) in [7, 11) is 0. The van der Waals surface area contributed by atoms with E-state index in [1.807, 2.05) is 0 Å². The molecule has 2 N–H and O–H groups in total. The molecule has 2 rings (SSSR count). The van der Waals surface area contributed by atoms with Crippen molar-refractivity contribution in [2.75, 3.05) is 0 Å². The van der Waals surface area contributed by atoms with Crippen LogP contribution >= 0.6 is 0 Å². The van der Waals surface area contributed by atoms with Crippen molar-refractivity contribution in [2.24, 2.45) is 11.7 Å². The topological polar surface area (TPSA) is 43.1 Å². The minimum atomic E-state index is -0.417. The summed E-state index contributed by atoms with van der Waals surface area (Å²) < 4.78 is 0. The van der Waals surface area contributed by atoms with Gasteiger partial charge in [0.2, 0.25) is 0 Å². The Morgan fingerprint density at radius 3 is 2.25 bits per heavy atom. The molecule has 2 nitrogen and oxygen atoms in total. The maximum atomic E-state index is 11.8. The van der Waals surface area contributed by atoms with E-state index in [1.165, 1.54) is 6.42 Å². The molecular formula is C10H17NO. The second-order valence-electron chi connectivity index (χ2n) is 4.36. The van der Waals surface area contributed by atoms with Gasteiger partial charge in [-0.25, -0.2) is 0 Å². The van der Waals surface area contributed by atoms with Gasteiger partial charge < -0.3 is 5.73 Å². The van der Waals surface area contributed by atoms with Crippen molar-refractivity contribution in [2.45, 2.75) is 50.5 Å².